The van der Waals surface area contributed by atoms with Crippen LogP contribution >= 0.6 is 11.3 Å². The van der Waals surface area contributed by atoms with Crippen molar-refractivity contribution in [1.29, 1.82) is 0 Å². The predicted molar refractivity (Wildman–Crippen MR) is 100 cm³/mol. The number of rotatable bonds is 2. The van der Waals surface area contributed by atoms with Crippen molar-refractivity contribution in [2.75, 3.05) is 0 Å². The molecule has 22 heavy (non-hydrogen) atoms. The second-order valence-electron chi connectivity index (χ2n) is 6.71. The van der Waals surface area contributed by atoms with Crippen LogP contribution in [0.25, 0.3) is 30.9 Å². The Labute approximate surface area is 135 Å². The van der Waals surface area contributed by atoms with Gasteiger partial charge in [-0.1, -0.05) is 57.2 Å². The first-order chi connectivity index (χ1) is 10.6. The third-order valence-electron chi connectivity index (χ3n) is 4.98. The second-order valence-corrected chi connectivity index (χ2v) is 7.80. The minimum atomic E-state index is 0.207. The Morgan fingerprint density at radius 2 is 1.59 bits per heavy atom. The van der Waals surface area contributed by atoms with Crippen molar-refractivity contribution in [1.82, 2.24) is 0 Å². The van der Waals surface area contributed by atoms with Gasteiger partial charge in [-0.3, -0.25) is 0 Å². The summed E-state index contributed by atoms with van der Waals surface area (Å²) in [6.45, 7) is 6.99. The highest BCUT2D eigenvalue weighted by atomic mass is 32.1. The van der Waals surface area contributed by atoms with Crippen molar-refractivity contribution >= 4 is 42.3 Å². The first kappa shape index (κ1) is 13.8. The van der Waals surface area contributed by atoms with Crippen LogP contribution in [-0.4, -0.2) is 0 Å². The van der Waals surface area contributed by atoms with Gasteiger partial charge in [-0.05, 0) is 46.4 Å². The number of thiophene rings is 1. The molecule has 0 atom stereocenters. The molecule has 0 aliphatic heterocycles. The fraction of sp³-hybridized carbons (Fsp3) is 0.238. The highest BCUT2D eigenvalue weighted by Crippen LogP contribution is 2.42. The first-order valence-electron chi connectivity index (χ1n) is 7.94. The lowest BCUT2D eigenvalue weighted by Crippen LogP contribution is -2.15. The molecule has 110 valence electrons. The van der Waals surface area contributed by atoms with Crippen LogP contribution < -0.4 is 0 Å². The van der Waals surface area contributed by atoms with Crippen molar-refractivity contribution in [3.63, 3.8) is 0 Å². The van der Waals surface area contributed by atoms with Gasteiger partial charge < -0.3 is 0 Å². The van der Waals surface area contributed by atoms with Crippen LogP contribution in [0.3, 0.4) is 0 Å². The van der Waals surface area contributed by atoms with E-state index in [0.29, 0.717) is 0 Å². The Morgan fingerprint density at radius 3 is 2.32 bits per heavy atom. The van der Waals surface area contributed by atoms with Gasteiger partial charge in [0.25, 0.3) is 0 Å². The third kappa shape index (κ3) is 1.96. The van der Waals surface area contributed by atoms with Gasteiger partial charge in [-0.25, -0.2) is 0 Å². The Bertz CT molecular complexity index is 989. The van der Waals surface area contributed by atoms with Gasteiger partial charge >= 0.3 is 0 Å². The molecule has 3 aromatic carbocycles. The summed E-state index contributed by atoms with van der Waals surface area (Å²) in [5.74, 6) is 0. The van der Waals surface area contributed by atoms with Crippen LogP contribution in [0.4, 0.5) is 0 Å². The highest BCUT2D eigenvalue weighted by molar-refractivity contribution is 7.25. The van der Waals surface area contributed by atoms with Crippen molar-refractivity contribution in [2.24, 2.45) is 0 Å². The molecule has 0 N–H and O–H groups in total. The van der Waals surface area contributed by atoms with Crippen molar-refractivity contribution in [2.45, 2.75) is 32.6 Å². The van der Waals surface area contributed by atoms with E-state index in [2.05, 4.69) is 75.4 Å². The molecular formula is C21H20S. The molecule has 0 amide bonds. The van der Waals surface area contributed by atoms with Gasteiger partial charge in [0.15, 0.2) is 0 Å². The van der Waals surface area contributed by atoms with Crippen LogP contribution in [0, 0.1) is 0 Å². The summed E-state index contributed by atoms with van der Waals surface area (Å²) >= 11 is 1.92. The summed E-state index contributed by atoms with van der Waals surface area (Å²) in [6.07, 6.45) is 1.15. The average molecular weight is 304 g/mol. The molecule has 0 aliphatic carbocycles. The van der Waals surface area contributed by atoms with Gasteiger partial charge in [-0.15, -0.1) is 11.3 Å². The zero-order valence-electron chi connectivity index (χ0n) is 13.3. The van der Waals surface area contributed by atoms with E-state index in [0.717, 1.165) is 6.42 Å². The van der Waals surface area contributed by atoms with E-state index in [1.54, 1.807) is 0 Å². The van der Waals surface area contributed by atoms with E-state index in [1.807, 2.05) is 11.3 Å². The zero-order valence-corrected chi connectivity index (χ0v) is 14.1. The maximum Gasteiger partial charge on any atom is 0.0361 e. The molecule has 0 fully saturated rings. The Balaban J connectivity index is 2.17. The minimum Gasteiger partial charge on any atom is -0.135 e. The van der Waals surface area contributed by atoms with E-state index in [-0.39, 0.29) is 5.41 Å². The Hall–Kier alpha value is -1.86. The third-order valence-corrected chi connectivity index (χ3v) is 6.09. The SMILES string of the molecule is CCC(C)(C)c1cccc2sc3cc4ccccc4cc3c12. The van der Waals surface area contributed by atoms with Gasteiger partial charge in [0, 0.05) is 20.2 Å². The summed E-state index contributed by atoms with van der Waals surface area (Å²) in [6, 6.07) is 20.2. The van der Waals surface area contributed by atoms with E-state index in [9.17, 15) is 0 Å². The summed E-state index contributed by atoms with van der Waals surface area (Å²) in [5, 5.41) is 5.53. The lowest BCUT2D eigenvalue weighted by molar-refractivity contribution is 0.511. The fourth-order valence-corrected chi connectivity index (χ4v) is 4.43. The standard InChI is InChI=1S/C21H20S/c1-4-21(2,3)17-10-7-11-18-20(17)16-12-14-8-5-6-9-15(14)13-19(16)22-18/h5-13H,4H2,1-3H3. The molecule has 0 radical (unpaired) electrons. The van der Waals surface area contributed by atoms with E-state index in [4.69, 9.17) is 0 Å². The number of hydrogen-bond donors (Lipinski definition) is 0. The monoisotopic (exact) mass is 304 g/mol. The maximum atomic E-state index is 2.37. The highest BCUT2D eigenvalue weighted by Gasteiger charge is 2.22. The summed E-state index contributed by atoms with van der Waals surface area (Å²) < 4.78 is 2.80. The summed E-state index contributed by atoms with van der Waals surface area (Å²) in [5.41, 5.74) is 1.69. The molecular weight excluding hydrogens is 284 g/mol. The fourth-order valence-electron chi connectivity index (χ4n) is 3.27. The lowest BCUT2D eigenvalue weighted by Gasteiger charge is -2.24. The molecule has 0 unspecified atom stereocenters. The molecule has 4 aromatic rings. The van der Waals surface area contributed by atoms with Gasteiger partial charge in [-0.2, -0.15) is 0 Å². The van der Waals surface area contributed by atoms with Crippen molar-refractivity contribution < 1.29 is 0 Å². The predicted octanol–water partition coefficient (Wildman–Crippen LogP) is 6.90. The minimum absolute atomic E-state index is 0.207. The zero-order chi connectivity index (χ0) is 15.3. The van der Waals surface area contributed by atoms with Crippen LogP contribution in [0.15, 0.2) is 54.6 Å². The quantitative estimate of drug-likeness (QED) is 0.378. The molecule has 1 heterocycles. The van der Waals surface area contributed by atoms with Crippen LogP contribution in [0.2, 0.25) is 0 Å². The van der Waals surface area contributed by atoms with Crippen LogP contribution in [0.1, 0.15) is 32.8 Å². The second kappa shape index (κ2) is 4.82. The molecule has 4 rings (SSSR count). The topological polar surface area (TPSA) is 0 Å². The van der Waals surface area contributed by atoms with Crippen molar-refractivity contribution in [3.05, 3.63) is 60.2 Å². The number of hydrogen-bond acceptors (Lipinski definition) is 1. The molecule has 1 aromatic heterocycles. The van der Waals surface area contributed by atoms with Crippen LogP contribution in [-0.2, 0) is 5.41 Å². The normalized spacial score (nSPS) is 12.5. The molecule has 1 heteroatoms. The van der Waals surface area contributed by atoms with E-state index in [1.165, 1.54) is 36.5 Å². The van der Waals surface area contributed by atoms with E-state index < -0.39 is 0 Å². The van der Waals surface area contributed by atoms with Gasteiger partial charge in [0.1, 0.15) is 0 Å². The molecule has 0 saturated carbocycles. The maximum absolute atomic E-state index is 2.37. The Morgan fingerprint density at radius 1 is 0.864 bits per heavy atom. The average Bonchev–Trinajstić information content (AvgIpc) is 2.90. The number of fused-ring (bicyclic) bond motifs is 4. The van der Waals surface area contributed by atoms with Gasteiger partial charge in [0.2, 0.25) is 0 Å². The first-order valence-corrected chi connectivity index (χ1v) is 8.76. The summed E-state index contributed by atoms with van der Waals surface area (Å²) in [4.78, 5) is 0. The molecule has 0 saturated heterocycles. The molecule has 0 spiro atoms. The Kier molecular flexibility index (Phi) is 3.02. The smallest absolute Gasteiger partial charge is 0.0361 e. The van der Waals surface area contributed by atoms with Gasteiger partial charge in [0.05, 0.1) is 0 Å². The van der Waals surface area contributed by atoms with Crippen LogP contribution in [0.5, 0.6) is 0 Å². The van der Waals surface area contributed by atoms with E-state index >= 15 is 0 Å². The molecule has 0 bridgehead atoms. The molecule has 0 aliphatic rings. The molecule has 0 nitrogen and oxygen atoms in total. The number of benzene rings is 3. The van der Waals surface area contributed by atoms with Crippen molar-refractivity contribution in [3.8, 4) is 0 Å². The largest absolute Gasteiger partial charge is 0.135 e. The lowest BCUT2D eigenvalue weighted by atomic mass is 9.80. The summed E-state index contributed by atoms with van der Waals surface area (Å²) in [7, 11) is 0.